The monoisotopic (exact) mass is 284 g/mol. The zero-order valence-corrected chi connectivity index (χ0v) is 12.5. The van der Waals surface area contributed by atoms with E-state index in [9.17, 15) is 8.42 Å². The average molecular weight is 284 g/mol. The summed E-state index contributed by atoms with van der Waals surface area (Å²) in [6.07, 6.45) is 1.36. The predicted octanol–water partition coefficient (Wildman–Crippen LogP) is 1.54. The van der Waals surface area contributed by atoms with E-state index >= 15 is 0 Å². The van der Waals surface area contributed by atoms with Gasteiger partial charge in [-0.25, -0.2) is 13.1 Å². The van der Waals surface area contributed by atoms with E-state index in [1.54, 1.807) is 0 Å². The van der Waals surface area contributed by atoms with Crippen molar-refractivity contribution in [3.05, 3.63) is 35.9 Å². The molecule has 19 heavy (non-hydrogen) atoms. The molecule has 1 rings (SSSR count). The summed E-state index contributed by atoms with van der Waals surface area (Å²) in [5.41, 5.74) is 1.14. The molecule has 1 atom stereocenters. The van der Waals surface area contributed by atoms with E-state index in [-0.39, 0.29) is 11.8 Å². The van der Waals surface area contributed by atoms with E-state index in [4.69, 9.17) is 0 Å². The molecule has 0 aliphatic heterocycles. The van der Waals surface area contributed by atoms with Crippen LogP contribution in [0.15, 0.2) is 30.3 Å². The Hall–Kier alpha value is -0.910. The van der Waals surface area contributed by atoms with Gasteiger partial charge < -0.3 is 5.32 Å². The van der Waals surface area contributed by atoms with E-state index < -0.39 is 10.0 Å². The molecule has 108 valence electrons. The van der Waals surface area contributed by atoms with Gasteiger partial charge in [0.25, 0.3) is 0 Å². The summed E-state index contributed by atoms with van der Waals surface area (Å²) in [6.45, 7) is 5.52. The van der Waals surface area contributed by atoms with Crippen molar-refractivity contribution in [1.82, 2.24) is 10.0 Å². The van der Waals surface area contributed by atoms with Gasteiger partial charge in [-0.2, -0.15) is 0 Å². The first-order valence-electron chi connectivity index (χ1n) is 6.78. The molecule has 0 aliphatic carbocycles. The molecule has 1 unspecified atom stereocenters. The van der Waals surface area contributed by atoms with Gasteiger partial charge in [0.1, 0.15) is 0 Å². The SMILES string of the molecule is CCNCCCS(=O)(=O)NC(C)Cc1ccccc1. The van der Waals surface area contributed by atoms with Crippen LogP contribution in [0, 0.1) is 0 Å². The number of nitrogens with one attached hydrogen (secondary N) is 2. The Morgan fingerprint density at radius 3 is 2.53 bits per heavy atom. The minimum atomic E-state index is -3.17. The molecular weight excluding hydrogens is 260 g/mol. The quantitative estimate of drug-likeness (QED) is 0.676. The molecule has 1 aromatic carbocycles. The number of rotatable bonds is 9. The van der Waals surface area contributed by atoms with Crippen LogP contribution in [0.5, 0.6) is 0 Å². The first kappa shape index (κ1) is 16.1. The van der Waals surface area contributed by atoms with Crippen LogP contribution in [0.1, 0.15) is 25.8 Å². The van der Waals surface area contributed by atoms with Crippen molar-refractivity contribution >= 4 is 10.0 Å². The van der Waals surface area contributed by atoms with Gasteiger partial charge >= 0.3 is 0 Å². The van der Waals surface area contributed by atoms with Gasteiger partial charge in [-0.3, -0.25) is 0 Å². The van der Waals surface area contributed by atoms with Crippen LogP contribution in [0.25, 0.3) is 0 Å². The maximum atomic E-state index is 11.9. The lowest BCUT2D eigenvalue weighted by Gasteiger charge is -2.14. The highest BCUT2D eigenvalue weighted by molar-refractivity contribution is 7.89. The molecule has 5 heteroatoms. The van der Waals surface area contributed by atoms with Crippen LogP contribution >= 0.6 is 0 Å². The molecule has 0 spiro atoms. The van der Waals surface area contributed by atoms with Crippen LogP contribution in [0.2, 0.25) is 0 Å². The van der Waals surface area contributed by atoms with Crippen LogP contribution in [0.3, 0.4) is 0 Å². The van der Waals surface area contributed by atoms with Crippen molar-refractivity contribution < 1.29 is 8.42 Å². The fourth-order valence-corrected chi connectivity index (χ4v) is 3.28. The van der Waals surface area contributed by atoms with Gasteiger partial charge in [-0.05, 0) is 38.4 Å². The van der Waals surface area contributed by atoms with E-state index in [1.165, 1.54) is 0 Å². The first-order chi connectivity index (χ1) is 9.03. The Bertz CT molecular complexity index is 446. The number of benzene rings is 1. The molecule has 4 nitrogen and oxygen atoms in total. The lowest BCUT2D eigenvalue weighted by atomic mass is 10.1. The molecule has 0 aromatic heterocycles. The Balaban J connectivity index is 2.36. The molecule has 2 N–H and O–H groups in total. The fourth-order valence-electron chi connectivity index (χ4n) is 1.94. The van der Waals surface area contributed by atoms with E-state index in [2.05, 4.69) is 10.0 Å². The molecule has 0 heterocycles. The lowest BCUT2D eigenvalue weighted by Crippen LogP contribution is -2.36. The summed E-state index contributed by atoms with van der Waals surface area (Å²) >= 11 is 0. The van der Waals surface area contributed by atoms with E-state index in [0.717, 1.165) is 18.7 Å². The zero-order chi connectivity index (χ0) is 14.1. The summed E-state index contributed by atoms with van der Waals surface area (Å²) in [6, 6.07) is 9.83. The largest absolute Gasteiger partial charge is 0.317 e. The summed E-state index contributed by atoms with van der Waals surface area (Å²) in [4.78, 5) is 0. The van der Waals surface area contributed by atoms with Crippen LogP contribution < -0.4 is 10.0 Å². The molecule has 1 aromatic rings. The average Bonchev–Trinajstić information content (AvgIpc) is 2.35. The van der Waals surface area contributed by atoms with Crippen molar-refractivity contribution in [2.75, 3.05) is 18.8 Å². The Labute approximate surface area is 116 Å². The second kappa shape index (κ2) is 8.30. The second-order valence-corrected chi connectivity index (χ2v) is 6.61. The maximum Gasteiger partial charge on any atom is 0.211 e. The Morgan fingerprint density at radius 2 is 1.89 bits per heavy atom. The molecule has 0 aliphatic rings. The highest BCUT2D eigenvalue weighted by Crippen LogP contribution is 2.04. The molecule has 0 saturated heterocycles. The molecule has 0 saturated carbocycles. The predicted molar refractivity (Wildman–Crippen MR) is 79.7 cm³/mol. The van der Waals surface area contributed by atoms with E-state index in [0.29, 0.717) is 12.8 Å². The first-order valence-corrected chi connectivity index (χ1v) is 8.43. The van der Waals surface area contributed by atoms with Crippen molar-refractivity contribution in [3.63, 3.8) is 0 Å². The summed E-state index contributed by atoms with van der Waals surface area (Å²) in [7, 11) is -3.17. The van der Waals surface area contributed by atoms with Crippen molar-refractivity contribution in [2.45, 2.75) is 32.7 Å². The molecule has 0 amide bonds. The second-order valence-electron chi connectivity index (χ2n) is 4.73. The maximum absolute atomic E-state index is 11.9. The van der Waals surface area contributed by atoms with Gasteiger partial charge in [0.2, 0.25) is 10.0 Å². The fraction of sp³-hybridized carbons (Fsp3) is 0.571. The summed E-state index contributed by atoms with van der Waals surface area (Å²) in [5.74, 6) is 0.180. The van der Waals surface area contributed by atoms with E-state index in [1.807, 2.05) is 44.2 Å². The highest BCUT2D eigenvalue weighted by atomic mass is 32.2. The highest BCUT2D eigenvalue weighted by Gasteiger charge is 2.14. The van der Waals surface area contributed by atoms with Crippen LogP contribution in [-0.2, 0) is 16.4 Å². The van der Waals surface area contributed by atoms with Gasteiger partial charge in [-0.1, -0.05) is 37.3 Å². The molecular formula is C14H24N2O2S. The third-order valence-corrected chi connectivity index (χ3v) is 4.37. The van der Waals surface area contributed by atoms with Crippen molar-refractivity contribution in [1.29, 1.82) is 0 Å². The van der Waals surface area contributed by atoms with Crippen LogP contribution in [0.4, 0.5) is 0 Å². The third kappa shape index (κ3) is 7.30. The number of sulfonamides is 1. The Morgan fingerprint density at radius 1 is 1.21 bits per heavy atom. The number of hydrogen-bond donors (Lipinski definition) is 2. The minimum absolute atomic E-state index is 0.0773. The lowest BCUT2D eigenvalue weighted by molar-refractivity contribution is 0.555. The van der Waals surface area contributed by atoms with Crippen molar-refractivity contribution in [3.8, 4) is 0 Å². The molecule has 0 fully saturated rings. The third-order valence-electron chi connectivity index (χ3n) is 2.78. The smallest absolute Gasteiger partial charge is 0.211 e. The Kier molecular flexibility index (Phi) is 7.05. The van der Waals surface area contributed by atoms with Gasteiger partial charge in [0.05, 0.1) is 5.75 Å². The standard InChI is InChI=1S/C14H24N2O2S/c1-3-15-10-7-11-19(17,18)16-13(2)12-14-8-5-4-6-9-14/h4-6,8-9,13,15-16H,3,7,10-12H2,1-2H3. The van der Waals surface area contributed by atoms with Crippen LogP contribution in [-0.4, -0.2) is 33.3 Å². The van der Waals surface area contributed by atoms with Gasteiger partial charge in [0.15, 0.2) is 0 Å². The van der Waals surface area contributed by atoms with Gasteiger partial charge in [0, 0.05) is 6.04 Å². The zero-order valence-electron chi connectivity index (χ0n) is 11.7. The van der Waals surface area contributed by atoms with Crippen molar-refractivity contribution in [2.24, 2.45) is 0 Å². The molecule has 0 radical (unpaired) electrons. The van der Waals surface area contributed by atoms with Gasteiger partial charge in [-0.15, -0.1) is 0 Å². The summed E-state index contributed by atoms with van der Waals surface area (Å²) in [5, 5.41) is 3.12. The normalized spacial score (nSPS) is 13.4. The molecule has 0 bridgehead atoms. The minimum Gasteiger partial charge on any atom is -0.317 e. The summed E-state index contributed by atoms with van der Waals surface area (Å²) < 4.78 is 26.4. The number of hydrogen-bond acceptors (Lipinski definition) is 3. The topological polar surface area (TPSA) is 58.2 Å².